The fourth-order valence-corrected chi connectivity index (χ4v) is 0.316. The maximum atomic E-state index is 9.41. The van der Waals surface area contributed by atoms with E-state index >= 15 is 0 Å². The summed E-state index contributed by atoms with van der Waals surface area (Å²) in [6.07, 6.45) is 0. The Kier molecular flexibility index (Phi) is 10.5. The summed E-state index contributed by atoms with van der Waals surface area (Å²) in [6, 6.07) is 0. The van der Waals surface area contributed by atoms with Gasteiger partial charge in [0, 0.05) is 6.61 Å². The Labute approximate surface area is 54.2 Å². The molecule has 0 aliphatic rings. The summed E-state index contributed by atoms with van der Waals surface area (Å²) in [6.45, 7) is 1.85. The molecule has 0 bridgehead atoms. The van der Waals surface area contributed by atoms with E-state index in [1.165, 1.54) is 0 Å². The SMILES string of the molecule is CCOP([O-])[O-].[Mn+2]. The van der Waals surface area contributed by atoms with Crippen LogP contribution in [-0.4, -0.2) is 6.61 Å². The Hall–Kier alpha value is 0.829. The molecule has 0 amide bonds. The predicted octanol–water partition coefficient (Wildman–Crippen LogP) is -1.03. The van der Waals surface area contributed by atoms with E-state index in [-0.39, 0.29) is 23.7 Å². The second-order valence-electron chi connectivity index (χ2n) is 0.641. The smallest absolute Gasteiger partial charge is 0.820 e. The molecule has 3 nitrogen and oxygen atoms in total. The summed E-state index contributed by atoms with van der Waals surface area (Å²) in [7, 11) is -2.60. The van der Waals surface area contributed by atoms with Crippen molar-refractivity contribution >= 4 is 8.60 Å². The first-order valence-corrected chi connectivity index (χ1v) is 2.64. The largest absolute Gasteiger partial charge is 2.00 e. The summed E-state index contributed by atoms with van der Waals surface area (Å²) < 4.78 is 4.00. The zero-order valence-electron chi connectivity index (χ0n) is 3.76. The molecule has 0 aromatic rings. The number of rotatable bonds is 2. The average Bonchev–Trinajstić information content (AvgIpc) is 1.35. The van der Waals surface area contributed by atoms with Crippen molar-refractivity contribution in [2.45, 2.75) is 6.92 Å². The third-order valence-corrected chi connectivity index (χ3v) is 0.704. The third-order valence-electron chi connectivity index (χ3n) is 0.235. The molecule has 0 aromatic carbocycles. The minimum Gasteiger partial charge on any atom is -0.820 e. The Balaban J connectivity index is 0. The first-order valence-electron chi connectivity index (χ1n) is 1.54. The van der Waals surface area contributed by atoms with Crippen molar-refractivity contribution in [3.05, 3.63) is 0 Å². The zero-order chi connectivity index (χ0) is 4.99. The van der Waals surface area contributed by atoms with Gasteiger partial charge in [-0.1, -0.05) is 0 Å². The van der Waals surface area contributed by atoms with Crippen molar-refractivity contribution in [3.8, 4) is 0 Å². The molecule has 0 spiro atoms. The van der Waals surface area contributed by atoms with E-state index in [0.29, 0.717) is 0 Å². The third kappa shape index (κ3) is 10.9. The summed E-state index contributed by atoms with van der Waals surface area (Å²) >= 11 is 0. The minimum absolute atomic E-state index is 0. The summed E-state index contributed by atoms with van der Waals surface area (Å²) in [4.78, 5) is 18.8. The Morgan fingerprint density at radius 3 is 2.00 bits per heavy atom. The Morgan fingerprint density at radius 2 is 2.00 bits per heavy atom. The van der Waals surface area contributed by atoms with Gasteiger partial charge in [0.2, 0.25) is 0 Å². The quantitative estimate of drug-likeness (QED) is 0.386. The van der Waals surface area contributed by atoms with Gasteiger partial charge in [0.1, 0.15) is 0 Å². The first kappa shape index (κ1) is 10.7. The van der Waals surface area contributed by atoms with E-state index < -0.39 is 8.60 Å². The fourth-order valence-electron chi connectivity index (χ4n) is 0.105. The van der Waals surface area contributed by atoms with Crippen LogP contribution >= 0.6 is 8.60 Å². The molecule has 0 N–H and O–H groups in total. The van der Waals surface area contributed by atoms with E-state index in [4.69, 9.17) is 0 Å². The van der Waals surface area contributed by atoms with Crippen LogP contribution in [0.15, 0.2) is 0 Å². The number of hydrogen-bond donors (Lipinski definition) is 0. The summed E-state index contributed by atoms with van der Waals surface area (Å²) in [5, 5.41) is 0. The van der Waals surface area contributed by atoms with Crippen LogP contribution in [-0.2, 0) is 21.6 Å². The Morgan fingerprint density at radius 1 is 1.57 bits per heavy atom. The number of hydrogen-bond acceptors (Lipinski definition) is 3. The van der Waals surface area contributed by atoms with Gasteiger partial charge in [0.05, 0.1) is 0 Å². The van der Waals surface area contributed by atoms with E-state index in [1.54, 1.807) is 6.92 Å². The van der Waals surface area contributed by atoms with Crippen LogP contribution in [0.5, 0.6) is 0 Å². The van der Waals surface area contributed by atoms with Crippen LogP contribution in [0.4, 0.5) is 0 Å². The maximum absolute atomic E-state index is 9.41. The van der Waals surface area contributed by atoms with Crippen molar-refractivity contribution in [2.24, 2.45) is 0 Å². The Bertz CT molecular complexity index is 34.1. The van der Waals surface area contributed by atoms with Gasteiger partial charge >= 0.3 is 17.1 Å². The normalized spacial score (nSPS) is 8.57. The topological polar surface area (TPSA) is 55.3 Å². The molecule has 43 valence electrons. The molecular formula is C2H5MnO3P. The van der Waals surface area contributed by atoms with Gasteiger partial charge in [-0.25, -0.2) is 0 Å². The molecule has 0 aliphatic heterocycles. The monoisotopic (exact) mass is 163 g/mol. The molecule has 0 saturated heterocycles. The van der Waals surface area contributed by atoms with Crippen LogP contribution < -0.4 is 9.79 Å². The molecule has 5 heteroatoms. The molecule has 0 aliphatic carbocycles. The van der Waals surface area contributed by atoms with Crippen molar-refractivity contribution in [1.82, 2.24) is 0 Å². The minimum atomic E-state index is -2.60. The van der Waals surface area contributed by atoms with Crippen molar-refractivity contribution in [2.75, 3.05) is 6.61 Å². The van der Waals surface area contributed by atoms with E-state index in [1.807, 2.05) is 0 Å². The predicted molar refractivity (Wildman–Crippen MR) is 18.5 cm³/mol. The molecule has 0 aromatic heterocycles. The standard InChI is InChI=1S/C2H5O3P.Mn/c1-2-5-6(3)4;/h2H2,1H3;/q-2;+2. The van der Waals surface area contributed by atoms with Crippen LogP contribution in [0.1, 0.15) is 6.92 Å². The molecular weight excluding hydrogens is 158 g/mol. The molecule has 1 radical (unpaired) electrons. The van der Waals surface area contributed by atoms with Gasteiger partial charge in [-0.05, 0) is 6.92 Å². The van der Waals surface area contributed by atoms with Crippen LogP contribution in [0.2, 0.25) is 0 Å². The van der Waals surface area contributed by atoms with Gasteiger partial charge in [-0.2, -0.15) is 8.60 Å². The summed E-state index contributed by atoms with van der Waals surface area (Å²) in [5.74, 6) is 0. The average molecular weight is 163 g/mol. The van der Waals surface area contributed by atoms with Gasteiger partial charge in [-0.3, -0.25) is 0 Å². The van der Waals surface area contributed by atoms with Crippen LogP contribution in [0.3, 0.4) is 0 Å². The van der Waals surface area contributed by atoms with Crippen molar-refractivity contribution in [3.63, 3.8) is 0 Å². The van der Waals surface area contributed by atoms with Gasteiger partial charge < -0.3 is 14.3 Å². The van der Waals surface area contributed by atoms with Crippen molar-refractivity contribution in [1.29, 1.82) is 0 Å². The second-order valence-corrected chi connectivity index (χ2v) is 1.35. The van der Waals surface area contributed by atoms with Crippen LogP contribution in [0, 0.1) is 0 Å². The molecule has 0 rings (SSSR count). The van der Waals surface area contributed by atoms with Crippen LogP contribution in [0.25, 0.3) is 0 Å². The molecule has 7 heavy (non-hydrogen) atoms. The van der Waals surface area contributed by atoms with E-state index in [2.05, 4.69) is 4.52 Å². The van der Waals surface area contributed by atoms with Gasteiger partial charge in [-0.15, -0.1) is 0 Å². The zero-order valence-corrected chi connectivity index (χ0v) is 5.83. The molecule has 0 saturated carbocycles. The molecule has 0 unspecified atom stereocenters. The maximum Gasteiger partial charge on any atom is 2.00 e. The second kappa shape index (κ2) is 6.83. The van der Waals surface area contributed by atoms with Gasteiger partial charge in [0.15, 0.2) is 0 Å². The molecule has 0 fully saturated rings. The van der Waals surface area contributed by atoms with E-state index in [0.717, 1.165) is 0 Å². The first-order chi connectivity index (χ1) is 2.77. The van der Waals surface area contributed by atoms with Gasteiger partial charge in [0.25, 0.3) is 0 Å². The van der Waals surface area contributed by atoms with Crippen molar-refractivity contribution < 1.29 is 31.4 Å². The fraction of sp³-hybridized carbons (Fsp3) is 1.00. The molecule has 0 heterocycles. The van der Waals surface area contributed by atoms with E-state index in [9.17, 15) is 9.79 Å². The molecule has 0 atom stereocenters. The summed E-state index contributed by atoms with van der Waals surface area (Å²) in [5.41, 5.74) is 0.